The van der Waals surface area contributed by atoms with Crippen LogP contribution >= 0.6 is 24.6 Å². The minimum absolute atomic E-state index is 0.117. The molecule has 0 aliphatic carbocycles. The molecule has 0 aromatic heterocycles. The SMILES string of the molecule is CC.CSN(C)c1ccccc1C(=O)Nc1ccc(S)cc1. The summed E-state index contributed by atoms with van der Waals surface area (Å²) in [4.78, 5) is 13.2. The minimum atomic E-state index is -0.117. The maximum absolute atomic E-state index is 12.4. The van der Waals surface area contributed by atoms with Crippen LogP contribution in [0.25, 0.3) is 0 Å². The van der Waals surface area contributed by atoms with E-state index in [4.69, 9.17) is 0 Å². The number of carbonyl (C=O) groups is 1. The second kappa shape index (κ2) is 9.43. The molecule has 2 rings (SSSR count). The van der Waals surface area contributed by atoms with Crippen LogP contribution < -0.4 is 9.62 Å². The first-order valence-corrected chi connectivity index (χ1v) is 8.72. The maximum atomic E-state index is 12.4. The summed E-state index contributed by atoms with van der Waals surface area (Å²) in [7, 11) is 1.94. The van der Waals surface area contributed by atoms with Gasteiger partial charge in [0, 0.05) is 23.9 Å². The van der Waals surface area contributed by atoms with E-state index in [-0.39, 0.29) is 5.91 Å². The molecule has 3 nitrogen and oxygen atoms in total. The molecule has 2 aromatic rings. The Balaban J connectivity index is 0.00000116. The number of anilines is 2. The molecule has 2 aromatic carbocycles. The van der Waals surface area contributed by atoms with E-state index in [9.17, 15) is 4.79 Å². The van der Waals surface area contributed by atoms with Gasteiger partial charge in [-0.05, 0) is 36.4 Å². The summed E-state index contributed by atoms with van der Waals surface area (Å²) in [5, 5.41) is 2.90. The fourth-order valence-corrected chi connectivity index (χ4v) is 2.29. The number of carbonyl (C=O) groups excluding carboxylic acids is 1. The van der Waals surface area contributed by atoms with E-state index in [0.29, 0.717) is 5.56 Å². The van der Waals surface area contributed by atoms with Gasteiger partial charge in [0.1, 0.15) is 0 Å². The molecule has 1 amide bonds. The average molecular weight is 335 g/mol. The van der Waals surface area contributed by atoms with Crippen molar-refractivity contribution in [3.8, 4) is 0 Å². The quantitative estimate of drug-likeness (QED) is 0.612. The zero-order valence-corrected chi connectivity index (χ0v) is 15.0. The lowest BCUT2D eigenvalue weighted by Gasteiger charge is -2.18. The molecule has 0 bridgehead atoms. The number of para-hydroxylation sites is 1. The van der Waals surface area contributed by atoms with Crippen molar-refractivity contribution in [2.45, 2.75) is 18.7 Å². The lowest BCUT2D eigenvalue weighted by molar-refractivity contribution is 0.102. The summed E-state index contributed by atoms with van der Waals surface area (Å²) >= 11 is 5.79. The van der Waals surface area contributed by atoms with E-state index in [2.05, 4.69) is 17.9 Å². The van der Waals surface area contributed by atoms with Crippen LogP contribution in [-0.2, 0) is 0 Å². The van der Waals surface area contributed by atoms with Crippen molar-refractivity contribution in [3.05, 3.63) is 54.1 Å². The molecule has 118 valence electrons. The van der Waals surface area contributed by atoms with Crippen molar-refractivity contribution in [1.82, 2.24) is 0 Å². The number of hydrogen-bond donors (Lipinski definition) is 2. The Kier molecular flexibility index (Phi) is 7.91. The van der Waals surface area contributed by atoms with Gasteiger partial charge in [0.25, 0.3) is 5.91 Å². The van der Waals surface area contributed by atoms with Crippen molar-refractivity contribution in [3.63, 3.8) is 0 Å². The second-order valence-corrected chi connectivity index (χ2v) is 5.63. The fourth-order valence-electron chi connectivity index (χ4n) is 1.78. The lowest BCUT2D eigenvalue weighted by atomic mass is 10.1. The molecule has 0 aliphatic rings. The molecular weight excluding hydrogens is 312 g/mol. The van der Waals surface area contributed by atoms with E-state index >= 15 is 0 Å². The second-order valence-electron chi connectivity index (χ2n) is 4.20. The molecule has 0 atom stereocenters. The number of nitrogens with zero attached hydrogens (tertiary/aromatic N) is 1. The molecule has 22 heavy (non-hydrogen) atoms. The highest BCUT2D eigenvalue weighted by atomic mass is 32.2. The fraction of sp³-hybridized carbons (Fsp3) is 0.235. The van der Waals surface area contributed by atoms with Crippen LogP contribution in [0.15, 0.2) is 53.4 Å². The molecule has 0 aliphatic heterocycles. The molecule has 0 fully saturated rings. The van der Waals surface area contributed by atoms with E-state index in [0.717, 1.165) is 16.3 Å². The Morgan fingerprint density at radius 3 is 2.27 bits per heavy atom. The number of hydrogen-bond acceptors (Lipinski definition) is 4. The molecule has 0 unspecified atom stereocenters. The molecule has 0 saturated carbocycles. The van der Waals surface area contributed by atoms with Crippen LogP contribution in [0.2, 0.25) is 0 Å². The molecular formula is C17H22N2OS2. The van der Waals surface area contributed by atoms with Crippen LogP contribution in [-0.4, -0.2) is 19.2 Å². The molecule has 0 saturated heterocycles. The van der Waals surface area contributed by atoms with Crippen LogP contribution in [0.5, 0.6) is 0 Å². The van der Waals surface area contributed by atoms with Crippen LogP contribution in [0.4, 0.5) is 11.4 Å². The molecule has 1 N–H and O–H groups in total. The van der Waals surface area contributed by atoms with Gasteiger partial charge in [-0.3, -0.25) is 4.79 Å². The summed E-state index contributed by atoms with van der Waals surface area (Å²) in [6, 6.07) is 14.9. The van der Waals surface area contributed by atoms with Crippen molar-refractivity contribution >= 4 is 41.9 Å². The Labute approximate surface area is 142 Å². The van der Waals surface area contributed by atoms with E-state index in [1.807, 2.05) is 80.0 Å². The zero-order valence-electron chi connectivity index (χ0n) is 13.3. The first-order valence-electron chi connectivity index (χ1n) is 7.09. The smallest absolute Gasteiger partial charge is 0.257 e. The van der Waals surface area contributed by atoms with Gasteiger partial charge in [0.2, 0.25) is 0 Å². The Hall–Kier alpha value is -1.59. The monoisotopic (exact) mass is 334 g/mol. The standard InChI is InChI=1S/C15H16N2OS2.C2H6/c1-17(20-2)14-6-4-3-5-13(14)15(18)16-11-7-9-12(19)10-8-11;1-2/h3-10,19H,1-2H3,(H,16,18);1-2H3. The van der Waals surface area contributed by atoms with Gasteiger partial charge in [-0.1, -0.05) is 37.9 Å². The average Bonchev–Trinajstić information content (AvgIpc) is 2.58. The van der Waals surface area contributed by atoms with Crippen molar-refractivity contribution in [1.29, 1.82) is 0 Å². The topological polar surface area (TPSA) is 32.3 Å². The van der Waals surface area contributed by atoms with Gasteiger partial charge in [0.05, 0.1) is 11.3 Å². The third kappa shape index (κ3) is 5.00. The molecule has 5 heteroatoms. The molecule has 0 spiro atoms. The van der Waals surface area contributed by atoms with E-state index < -0.39 is 0 Å². The van der Waals surface area contributed by atoms with Gasteiger partial charge < -0.3 is 9.62 Å². The predicted octanol–water partition coefficient (Wildman–Crippen LogP) is 4.97. The van der Waals surface area contributed by atoms with Crippen LogP contribution in [0.1, 0.15) is 24.2 Å². The van der Waals surface area contributed by atoms with Gasteiger partial charge in [-0.15, -0.1) is 12.6 Å². The third-order valence-electron chi connectivity index (χ3n) is 2.89. The summed E-state index contributed by atoms with van der Waals surface area (Å²) in [5.74, 6) is -0.117. The normalized spacial score (nSPS) is 9.50. The summed E-state index contributed by atoms with van der Waals surface area (Å²) in [6.07, 6.45) is 1.97. The van der Waals surface area contributed by atoms with Gasteiger partial charge in [-0.2, -0.15) is 0 Å². The van der Waals surface area contributed by atoms with Gasteiger partial charge in [-0.25, -0.2) is 0 Å². The maximum Gasteiger partial charge on any atom is 0.257 e. The zero-order chi connectivity index (χ0) is 16.5. The first kappa shape index (κ1) is 18.5. The van der Waals surface area contributed by atoms with Crippen LogP contribution in [0.3, 0.4) is 0 Å². The Morgan fingerprint density at radius 2 is 1.68 bits per heavy atom. The Morgan fingerprint density at radius 1 is 1.09 bits per heavy atom. The predicted molar refractivity (Wildman–Crippen MR) is 101 cm³/mol. The van der Waals surface area contributed by atoms with Crippen molar-refractivity contribution < 1.29 is 4.79 Å². The summed E-state index contributed by atoms with van der Waals surface area (Å²) in [5.41, 5.74) is 2.30. The molecule has 0 heterocycles. The Bertz CT molecular complexity index is 600. The number of thiol groups is 1. The number of benzene rings is 2. The highest BCUT2D eigenvalue weighted by molar-refractivity contribution is 7.99. The largest absolute Gasteiger partial charge is 0.322 e. The number of nitrogens with one attached hydrogen (secondary N) is 1. The molecule has 0 radical (unpaired) electrons. The van der Waals surface area contributed by atoms with Crippen molar-refractivity contribution in [2.24, 2.45) is 0 Å². The number of amides is 1. The van der Waals surface area contributed by atoms with Gasteiger partial charge >= 0.3 is 0 Å². The van der Waals surface area contributed by atoms with Crippen LogP contribution in [0, 0.1) is 0 Å². The highest BCUT2D eigenvalue weighted by Gasteiger charge is 2.13. The third-order valence-corrected chi connectivity index (χ3v) is 3.93. The first-order chi connectivity index (χ1) is 10.6. The van der Waals surface area contributed by atoms with E-state index in [1.165, 1.54) is 0 Å². The van der Waals surface area contributed by atoms with Crippen molar-refractivity contribution in [2.75, 3.05) is 22.9 Å². The van der Waals surface area contributed by atoms with Gasteiger partial charge in [0.15, 0.2) is 0 Å². The summed E-state index contributed by atoms with van der Waals surface area (Å²) < 4.78 is 1.96. The van der Waals surface area contributed by atoms with E-state index in [1.54, 1.807) is 11.9 Å². The lowest BCUT2D eigenvalue weighted by Crippen LogP contribution is -2.17. The number of rotatable bonds is 4. The summed E-state index contributed by atoms with van der Waals surface area (Å²) in [6.45, 7) is 4.00. The minimum Gasteiger partial charge on any atom is -0.322 e. The highest BCUT2D eigenvalue weighted by Crippen LogP contribution is 2.24.